The summed E-state index contributed by atoms with van der Waals surface area (Å²) < 4.78 is 5.70. The van der Waals surface area contributed by atoms with Gasteiger partial charge in [0.15, 0.2) is 0 Å². The lowest BCUT2D eigenvalue weighted by atomic mass is 9.46. The van der Waals surface area contributed by atoms with Gasteiger partial charge in [0.2, 0.25) is 0 Å². The minimum absolute atomic E-state index is 0.570. The van der Waals surface area contributed by atoms with E-state index in [1.807, 2.05) is 6.08 Å². The summed E-state index contributed by atoms with van der Waals surface area (Å²) >= 11 is 0. The SMILES string of the molecule is C=CCC#CCOC[C@H]1CC[C@H]2C[C@@H]1C2(C)C. The smallest absolute Gasteiger partial charge is 0.107 e. The van der Waals surface area contributed by atoms with Gasteiger partial charge in [0, 0.05) is 6.42 Å². The largest absolute Gasteiger partial charge is 0.368 e. The Morgan fingerprint density at radius 3 is 2.82 bits per heavy atom. The maximum atomic E-state index is 5.70. The van der Waals surface area contributed by atoms with Gasteiger partial charge >= 0.3 is 0 Å². The first kappa shape index (κ1) is 12.7. The fourth-order valence-electron chi connectivity index (χ4n) is 3.62. The Morgan fingerprint density at radius 2 is 2.18 bits per heavy atom. The van der Waals surface area contributed by atoms with Gasteiger partial charge in [-0.15, -0.1) is 6.58 Å². The summed E-state index contributed by atoms with van der Waals surface area (Å²) in [6.45, 7) is 10.00. The topological polar surface area (TPSA) is 9.23 Å². The fraction of sp³-hybridized carbons (Fsp3) is 0.750. The van der Waals surface area contributed by atoms with Gasteiger partial charge in [0.25, 0.3) is 0 Å². The van der Waals surface area contributed by atoms with Crippen LogP contribution in [0.1, 0.15) is 39.5 Å². The lowest BCUT2D eigenvalue weighted by Crippen LogP contribution is -2.53. The number of hydrogen-bond donors (Lipinski definition) is 0. The molecule has 0 N–H and O–H groups in total. The van der Waals surface area contributed by atoms with E-state index in [0.717, 1.165) is 30.8 Å². The summed E-state index contributed by atoms with van der Waals surface area (Å²) in [7, 11) is 0. The number of rotatable bonds is 4. The molecular weight excluding hydrogens is 208 g/mol. The quantitative estimate of drug-likeness (QED) is 0.408. The first-order valence-corrected chi connectivity index (χ1v) is 6.80. The number of allylic oxidation sites excluding steroid dienone is 1. The second-order valence-corrected chi connectivity index (χ2v) is 6.06. The molecule has 0 aliphatic heterocycles. The molecule has 0 amide bonds. The summed E-state index contributed by atoms with van der Waals surface area (Å²) in [5.41, 5.74) is 0.570. The molecular formula is C16H24O. The molecule has 17 heavy (non-hydrogen) atoms. The van der Waals surface area contributed by atoms with E-state index >= 15 is 0 Å². The molecule has 3 saturated carbocycles. The van der Waals surface area contributed by atoms with Crippen LogP contribution in [0.5, 0.6) is 0 Å². The Balaban J connectivity index is 1.70. The minimum atomic E-state index is 0.570. The zero-order valence-corrected chi connectivity index (χ0v) is 11.2. The molecule has 0 aromatic rings. The highest BCUT2D eigenvalue weighted by Crippen LogP contribution is 2.61. The molecule has 3 aliphatic carbocycles. The zero-order valence-electron chi connectivity index (χ0n) is 11.2. The van der Waals surface area contributed by atoms with Gasteiger partial charge in [0.1, 0.15) is 6.61 Å². The van der Waals surface area contributed by atoms with Crippen molar-refractivity contribution in [1.29, 1.82) is 0 Å². The molecule has 1 heteroatoms. The van der Waals surface area contributed by atoms with Gasteiger partial charge in [-0.3, -0.25) is 0 Å². The first-order valence-electron chi connectivity index (χ1n) is 6.80. The van der Waals surface area contributed by atoms with Crippen LogP contribution >= 0.6 is 0 Å². The fourth-order valence-corrected chi connectivity index (χ4v) is 3.62. The van der Waals surface area contributed by atoms with E-state index in [0.29, 0.717) is 12.0 Å². The Bertz CT molecular complexity index is 329. The van der Waals surface area contributed by atoms with Crippen molar-refractivity contribution in [3.05, 3.63) is 12.7 Å². The van der Waals surface area contributed by atoms with E-state index < -0.39 is 0 Å². The standard InChI is InChI=1S/C16H24O/c1-4-5-6-7-10-17-12-13-8-9-14-11-15(13)16(14,2)3/h4,13-15H,1,5,8-12H2,2-3H3/t13-,14+,15+/m1/s1. The van der Waals surface area contributed by atoms with Gasteiger partial charge in [-0.2, -0.15) is 0 Å². The van der Waals surface area contributed by atoms with Crippen molar-refractivity contribution in [3.8, 4) is 11.8 Å². The molecule has 3 fully saturated rings. The summed E-state index contributed by atoms with van der Waals surface area (Å²) in [5.74, 6) is 8.70. The molecule has 0 heterocycles. The van der Waals surface area contributed by atoms with E-state index in [-0.39, 0.29) is 0 Å². The van der Waals surface area contributed by atoms with Crippen LogP contribution in [0.15, 0.2) is 12.7 Å². The summed E-state index contributed by atoms with van der Waals surface area (Å²) in [5, 5.41) is 0. The predicted molar refractivity (Wildman–Crippen MR) is 71.5 cm³/mol. The molecule has 0 radical (unpaired) electrons. The highest BCUT2D eigenvalue weighted by Gasteiger charge is 2.53. The Hall–Kier alpha value is -0.740. The lowest BCUT2D eigenvalue weighted by molar-refractivity contribution is -0.122. The minimum Gasteiger partial charge on any atom is -0.368 e. The number of fused-ring (bicyclic) bond motifs is 2. The van der Waals surface area contributed by atoms with Crippen LogP contribution in [0, 0.1) is 35.0 Å². The van der Waals surface area contributed by atoms with Gasteiger partial charge in [-0.1, -0.05) is 31.8 Å². The van der Waals surface area contributed by atoms with Gasteiger partial charge in [-0.05, 0) is 42.4 Å². The Morgan fingerprint density at radius 1 is 1.35 bits per heavy atom. The third-order valence-corrected chi connectivity index (χ3v) is 4.88. The molecule has 0 aromatic carbocycles. The van der Waals surface area contributed by atoms with Crippen molar-refractivity contribution < 1.29 is 4.74 Å². The average molecular weight is 232 g/mol. The number of ether oxygens (including phenoxy) is 1. The molecule has 94 valence electrons. The van der Waals surface area contributed by atoms with Crippen LogP contribution in [-0.2, 0) is 4.74 Å². The van der Waals surface area contributed by atoms with Crippen molar-refractivity contribution in [2.75, 3.05) is 13.2 Å². The molecule has 1 nitrogen and oxygen atoms in total. The highest BCUT2D eigenvalue weighted by atomic mass is 16.5. The Labute approximate surface area is 106 Å². The van der Waals surface area contributed by atoms with Crippen LogP contribution in [-0.4, -0.2) is 13.2 Å². The normalized spacial score (nSPS) is 33.2. The molecule has 0 unspecified atom stereocenters. The average Bonchev–Trinajstić information content (AvgIpc) is 2.33. The monoisotopic (exact) mass is 232 g/mol. The Kier molecular flexibility index (Phi) is 3.94. The second kappa shape index (κ2) is 5.27. The highest BCUT2D eigenvalue weighted by molar-refractivity contribution is 5.04. The third kappa shape index (κ3) is 2.58. The van der Waals surface area contributed by atoms with Crippen LogP contribution in [0.2, 0.25) is 0 Å². The van der Waals surface area contributed by atoms with Crippen molar-refractivity contribution in [2.24, 2.45) is 23.2 Å². The molecule has 0 saturated heterocycles. The molecule has 3 aliphatic rings. The summed E-state index contributed by atoms with van der Waals surface area (Å²) in [6, 6.07) is 0. The number of hydrogen-bond acceptors (Lipinski definition) is 1. The molecule has 0 spiro atoms. The van der Waals surface area contributed by atoms with Crippen LogP contribution in [0.3, 0.4) is 0 Å². The van der Waals surface area contributed by atoms with Crippen LogP contribution in [0.25, 0.3) is 0 Å². The van der Waals surface area contributed by atoms with Crippen LogP contribution in [0.4, 0.5) is 0 Å². The van der Waals surface area contributed by atoms with Crippen molar-refractivity contribution in [2.45, 2.75) is 39.5 Å². The summed E-state index contributed by atoms with van der Waals surface area (Å²) in [4.78, 5) is 0. The van der Waals surface area contributed by atoms with Gasteiger partial charge in [0.05, 0.1) is 6.61 Å². The molecule has 3 atom stereocenters. The van der Waals surface area contributed by atoms with Gasteiger partial charge < -0.3 is 4.74 Å². The van der Waals surface area contributed by atoms with E-state index in [9.17, 15) is 0 Å². The molecule has 3 rings (SSSR count). The van der Waals surface area contributed by atoms with E-state index in [2.05, 4.69) is 32.3 Å². The van der Waals surface area contributed by atoms with E-state index in [1.165, 1.54) is 19.3 Å². The zero-order chi connectivity index (χ0) is 12.3. The maximum Gasteiger partial charge on any atom is 0.107 e. The molecule has 2 bridgehead atoms. The second-order valence-electron chi connectivity index (χ2n) is 6.06. The van der Waals surface area contributed by atoms with Crippen molar-refractivity contribution in [3.63, 3.8) is 0 Å². The van der Waals surface area contributed by atoms with Crippen molar-refractivity contribution >= 4 is 0 Å². The maximum absolute atomic E-state index is 5.70. The van der Waals surface area contributed by atoms with Crippen LogP contribution < -0.4 is 0 Å². The van der Waals surface area contributed by atoms with Crippen molar-refractivity contribution in [1.82, 2.24) is 0 Å². The molecule has 0 aromatic heterocycles. The van der Waals surface area contributed by atoms with Gasteiger partial charge in [-0.25, -0.2) is 0 Å². The summed E-state index contributed by atoms with van der Waals surface area (Å²) in [6.07, 6.45) is 6.79. The van der Waals surface area contributed by atoms with E-state index in [1.54, 1.807) is 0 Å². The predicted octanol–water partition coefficient (Wildman–Crippen LogP) is 3.65. The first-order chi connectivity index (χ1) is 8.16. The third-order valence-electron chi connectivity index (χ3n) is 4.88. The van der Waals surface area contributed by atoms with E-state index in [4.69, 9.17) is 4.74 Å². The lowest BCUT2D eigenvalue weighted by Gasteiger charge is -2.60.